The first-order valence-electron chi connectivity index (χ1n) is 7.68. The predicted octanol–water partition coefficient (Wildman–Crippen LogP) is 5.66. The maximum absolute atomic E-state index is 6.36. The molecule has 0 aromatic heterocycles. The molecule has 0 atom stereocenters. The zero-order valence-corrected chi connectivity index (χ0v) is 15.0. The van der Waals surface area contributed by atoms with Gasteiger partial charge in [-0.25, -0.2) is 0 Å². The van der Waals surface area contributed by atoms with E-state index in [9.17, 15) is 0 Å². The van der Waals surface area contributed by atoms with Crippen LogP contribution >= 0.6 is 11.6 Å². The van der Waals surface area contributed by atoms with Crippen molar-refractivity contribution in [3.05, 3.63) is 64.2 Å². The molecule has 2 nitrogen and oxygen atoms in total. The van der Waals surface area contributed by atoms with Crippen LogP contribution in [-0.2, 0) is 12.8 Å². The highest BCUT2D eigenvalue weighted by molar-refractivity contribution is 6.32. The van der Waals surface area contributed by atoms with Gasteiger partial charge >= 0.3 is 0 Å². The Labute approximate surface area is 149 Å². The molecule has 0 heterocycles. The first-order valence-corrected chi connectivity index (χ1v) is 8.06. The monoisotopic (exact) mass is 340 g/mol. The van der Waals surface area contributed by atoms with Gasteiger partial charge in [0.15, 0.2) is 11.5 Å². The predicted molar refractivity (Wildman–Crippen MR) is 100 cm³/mol. The third kappa shape index (κ3) is 3.93. The van der Waals surface area contributed by atoms with Crippen LogP contribution in [0.2, 0.25) is 5.02 Å². The van der Waals surface area contributed by atoms with Crippen molar-refractivity contribution in [2.24, 2.45) is 0 Å². The molecule has 2 aromatic carbocycles. The first-order chi connectivity index (χ1) is 11.5. The molecule has 124 valence electrons. The number of methoxy groups -OCH3 is 1. The van der Waals surface area contributed by atoms with Gasteiger partial charge in [-0.05, 0) is 60.7 Å². The van der Waals surface area contributed by atoms with Crippen LogP contribution in [0.5, 0.6) is 17.2 Å². The quantitative estimate of drug-likeness (QED) is 0.499. The third-order valence-corrected chi connectivity index (χ3v) is 4.09. The van der Waals surface area contributed by atoms with Gasteiger partial charge in [0, 0.05) is 6.42 Å². The van der Waals surface area contributed by atoms with Crippen LogP contribution < -0.4 is 9.47 Å². The van der Waals surface area contributed by atoms with Gasteiger partial charge in [0.2, 0.25) is 0 Å². The summed E-state index contributed by atoms with van der Waals surface area (Å²) >= 11 is 6.36. The van der Waals surface area contributed by atoms with Crippen LogP contribution in [0.15, 0.2) is 36.9 Å². The van der Waals surface area contributed by atoms with E-state index < -0.39 is 0 Å². The summed E-state index contributed by atoms with van der Waals surface area (Å²) in [5.41, 5.74) is 4.20. The largest absolute Gasteiger partial charge is 0.493 e. The Morgan fingerprint density at radius 2 is 1.92 bits per heavy atom. The van der Waals surface area contributed by atoms with Gasteiger partial charge in [-0.15, -0.1) is 18.9 Å². The molecule has 0 amide bonds. The minimum Gasteiger partial charge on any atom is -0.493 e. The van der Waals surface area contributed by atoms with Crippen molar-refractivity contribution in [3.63, 3.8) is 0 Å². The topological polar surface area (TPSA) is 18.5 Å². The van der Waals surface area contributed by atoms with Crippen LogP contribution in [0.4, 0.5) is 0 Å². The van der Waals surface area contributed by atoms with Gasteiger partial charge in [0.25, 0.3) is 0 Å². The van der Waals surface area contributed by atoms with Crippen molar-refractivity contribution in [1.29, 1.82) is 0 Å². The van der Waals surface area contributed by atoms with Crippen LogP contribution in [-0.4, -0.2) is 7.11 Å². The van der Waals surface area contributed by atoms with Gasteiger partial charge in [0.05, 0.1) is 12.1 Å². The molecule has 0 N–H and O–H groups in total. The standard InChI is InChI=1S/C21H21ClO2/c1-6-8-16-10-15(4)21(20(12-16)23-5)24-19-13-17(9-7-2)14(3)11-18(19)22/h1,7,10-13H,2,8-9H2,3-5H3. The summed E-state index contributed by atoms with van der Waals surface area (Å²) in [6.45, 7) is 7.78. The average molecular weight is 341 g/mol. The molecule has 0 spiro atoms. The summed E-state index contributed by atoms with van der Waals surface area (Å²) < 4.78 is 11.6. The van der Waals surface area contributed by atoms with Crippen LogP contribution in [0.25, 0.3) is 0 Å². The van der Waals surface area contributed by atoms with Crippen LogP contribution in [0.3, 0.4) is 0 Å². The van der Waals surface area contributed by atoms with E-state index in [1.54, 1.807) is 7.11 Å². The molecular formula is C21H21ClO2. The Kier molecular flexibility index (Phi) is 5.95. The summed E-state index contributed by atoms with van der Waals surface area (Å²) in [6, 6.07) is 7.76. The number of ether oxygens (including phenoxy) is 2. The molecule has 0 saturated heterocycles. The highest BCUT2D eigenvalue weighted by Crippen LogP contribution is 2.39. The Morgan fingerprint density at radius 3 is 2.54 bits per heavy atom. The Morgan fingerprint density at radius 1 is 1.17 bits per heavy atom. The van der Waals surface area contributed by atoms with E-state index in [2.05, 4.69) is 12.5 Å². The van der Waals surface area contributed by atoms with Crippen molar-refractivity contribution in [3.8, 4) is 29.6 Å². The molecule has 2 rings (SSSR count). The van der Waals surface area contributed by atoms with E-state index in [4.69, 9.17) is 27.5 Å². The lowest BCUT2D eigenvalue weighted by Crippen LogP contribution is -1.97. The lowest BCUT2D eigenvalue weighted by molar-refractivity contribution is 0.377. The molecule has 0 bridgehead atoms. The Hall–Kier alpha value is -2.37. The van der Waals surface area contributed by atoms with Gasteiger partial charge in [-0.1, -0.05) is 23.7 Å². The van der Waals surface area contributed by atoms with Gasteiger partial charge in [-0.2, -0.15) is 0 Å². The van der Waals surface area contributed by atoms with E-state index in [0.717, 1.165) is 28.7 Å². The lowest BCUT2D eigenvalue weighted by Gasteiger charge is -2.16. The summed E-state index contributed by atoms with van der Waals surface area (Å²) in [4.78, 5) is 0. The van der Waals surface area contributed by atoms with E-state index in [1.165, 1.54) is 0 Å². The van der Waals surface area contributed by atoms with E-state index >= 15 is 0 Å². The smallest absolute Gasteiger partial charge is 0.172 e. The maximum atomic E-state index is 6.36. The highest BCUT2D eigenvalue weighted by atomic mass is 35.5. The first kappa shape index (κ1) is 18.0. The van der Waals surface area contributed by atoms with Gasteiger partial charge in [-0.3, -0.25) is 0 Å². The molecule has 2 aromatic rings. The number of aryl methyl sites for hydroxylation is 2. The third-order valence-electron chi connectivity index (χ3n) is 3.79. The van der Waals surface area contributed by atoms with Crippen molar-refractivity contribution in [1.82, 2.24) is 0 Å². The second kappa shape index (κ2) is 7.95. The number of benzene rings is 2. The fourth-order valence-corrected chi connectivity index (χ4v) is 2.83. The number of halogens is 1. The van der Waals surface area contributed by atoms with Crippen molar-refractivity contribution in [2.75, 3.05) is 7.11 Å². The van der Waals surface area contributed by atoms with Crippen molar-refractivity contribution in [2.45, 2.75) is 26.7 Å². The van der Waals surface area contributed by atoms with Crippen LogP contribution in [0, 0.1) is 26.2 Å². The molecule has 0 fully saturated rings. The highest BCUT2D eigenvalue weighted by Gasteiger charge is 2.14. The van der Waals surface area contributed by atoms with Gasteiger partial charge < -0.3 is 9.47 Å². The zero-order valence-electron chi connectivity index (χ0n) is 14.3. The fraction of sp³-hybridized carbons (Fsp3) is 0.238. The normalized spacial score (nSPS) is 10.1. The number of terminal acetylenes is 1. The summed E-state index contributed by atoms with van der Waals surface area (Å²) in [7, 11) is 1.61. The number of allylic oxidation sites excluding steroid dienone is 1. The molecule has 0 radical (unpaired) electrons. The molecule has 3 heteroatoms. The lowest BCUT2D eigenvalue weighted by atomic mass is 10.0. The zero-order chi connectivity index (χ0) is 17.7. The maximum Gasteiger partial charge on any atom is 0.172 e. The van der Waals surface area contributed by atoms with Crippen LogP contribution in [0.1, 0.15) is 22.3 Å². The number of hydrogen-bond donors (Lipinski definition) is 0. The second-order valence-electron chi connectivity index (χ2n) is 5.63. The van der Waals surface area contributed by atoms with Crippen molar-refractivity contribution < 1.29 is 9.47 Å². The van der Waals surface area contributed by atoms with Crippen molar-refractivity contribution >= 4 is 11.6 Å². The van der Waals surface area contributed by atoms with E-state index in [-0.39, 0.29) is 0 Å². The summed E-state index contributed by atoms with van der Waals surface area (Å²) in [5, 5.41) is 0.564. The van der Waals surface area contributed by atoms with Gasteiger partial charge in [0.1, 0.15) is 5.75 Å². The molecule has 24 heavy (non-hydrogen) atoms. The molecular weight excluding hydrogens is 320 g/mol. The minimum absolute atomic E-state index is 0.548. The van der Waals surface area contributed by atoms with E-state index in [0.29, 0.717) is 28.7 Å². The van der Waals surface area contributed by atoms with E-state index in [1.807, 2.05) is 44.2 Å². The SMILES string of the molecule is C#CCc1cc(C)c(Oc2cc(CC=C)c(C)cc2Cl)c(OC)c1. The molecule has 0 aliphatic rings. The average Bonchev–Trinajstić information content (AvgIpc) is 2.54. The minimum atomic E-state index is 0.548. The Bertz CT molecular complexity index is 800. The molecule has 0 saturated carbocycles. The number of rotatable bonds is 6. The second-order valence-corrected chi connectivity index (χ2v) is 6.04. The summed E-state index contributed by atoms with van der Waals surface area (Å²) in [6.07, 6.45) is 8.57. The molecule has 0 unspecified atom stereocenters. The summed E-state index contributed by atoms with van der Waals surface area (Å²) in [5.74, 6) is 4.53. The molecule has 0 aliphatic carbocycles. The molecule has 0 aliphatic heterocycles. The fourth-order valence-electron chi connectivity index (χ4n) is 2.57. The Balaban J connectivity index is 2.46. The number of hydrogen-bond acceptors (Lipinski definition) is 2.